The van der Waals surface area contributed by atoms with Gasteiger partial charge in [0.25, 0.3) is 33.5 Å². The van der Waals surface area contributed by atoms with Crippen LogP contribution in [-0.4, -0.2) is 11.8 Å². The molecule has 2 aliphatic heterocycles. The Morgan fingerprint density at radius 2 is 1.27 bits per heavy atom. The number of rotatable bonds is 10. The fourth-order valence-corrected chi connectivity index (χ4v) is 7.96. The van der Waals surface area contributed by atoms with Crippen molar-refractivity contribution < 1.29 is 22.8 Å². The van der Waals surface area contributed by atoms with E-state index in [0.717, 1.165) is 11.3 Å². The fraction of sp³-hybridized carbons (Fsp3) is 0.348. The Morgan fingerprint density at radius 3 is 1.81 bits per heavy atom. The third-order valence-corrected chi connectivity index (χ3v) is 11.7. The van der Waals surface area contributed by atoms with Gasteiger partial charge in [-0.05, 0) is 90.7 Å². The fourth-order valence-electron chi connectivity index (χ4n) is 7.59. The van der Waals surface area contributed by atoms with E-state index in [0.29, 0.717) is 45.5 Å². The highest BCUT2D eigenvalue weighted by atomic mass is 35.5. The smallest absolute Gasteiger partial charge is 0.254 e. The van der Waals surface area contributed by atoms with Crippen molar-refractivity contribution in [2.45, 2.75) is 94.4 Å². The highest BCUT2D eigenvalue weighted by Gasteiger charge is 2.37. The van der Waals surface area contributed by atoms with Gasteiger partial charge in [-0.15, -0.1) is 0 Å². The number of halogens is 3. The van der Waals surface area contributed by atoms with Gasteiger partial charge >= 0.3 is 0 Å². The summed E-state index contributed by atoms with van der Waals surface area (Å²) in [5.74, 6) is 0.528. The Morgan fingerprint density at radius 1 is 0.698 bits per heavy atom. The van der Waals surface area contributed by atoms with Gasteiger partial charge in [0, 0.05) is 17.1 Å². The lowest BCUT2D eigenvalue weighted by Gasteiger charge is -2.31. The second kappa shape index (κ2) is 16.8. The van der Waals surface area contributed by atoms with Gasteiger partial charge < -0.3 is 40.7 Å². The molecule has 0 saturated carbocycles. The van der Waals surface area contributed by atoms with Crippen molar-refractivity contribution in [2.24, 2.45) is 10.8 Å². The monoisotopic (exact) mass is 902 g/mol. The quantitative estimate of drug-likeness (QED) is 0.0713. The van der Waals surface area contributed by atoms with Gasteiger partial charge in [-0.25, -0.2) is 4.39 Å². The molecule has 0 unspecified atom stereocenters. The minimum Gasteiger partial charge on any atom is -0.464 e. The van der Waals surface area contributed by atoms with Crippen molar-refractivity contribution in [2.75, 3.05) is 21.3 Å². The van der Waals surface area contributed by atoms with E-state index >= 15 is 0 Å². The Labute approximate surface area is 372 Å². The van der Waals surface area contributed by atoms with Crippen molar-refractivity contribution in [3.63, 3.8) is 0 Å². The summed E-state index contributed by atoms with van der Waals surface area (Å²) >= 11 is 12.1. The van der Waals surface area contributed by atoms with Crippen LogP contribution in [0.15, 0.2) is 70.5 Å². The van der Waals surface area contributed by atoms with Crippen LogP contribution in [0, 0.1) is 30.5 Å². The van der Waals surface area contributed by atoms with E-state index < -0.39 is 45.5 Å². The molecule has 0 spiro atoms. The zero-order valence-corrected chi connectivity index (χ0v) is 36.9. The first-order valence-corrected chi connectivity index (χ1v) is 20.5. The molecule has 0 aliphatic carbocycles. The van der Waals surface area contributed by atoms with E-state index in [9.17, 15) is 33.2 Å². The maximum atomic E-state index is 14.7. The van der Waals surface area contributed by atoms with Gasteiger partial charge in [-0.1, -0.05) is 66.6 Å². The third-order valence-electron chi connectivity index (χ3n) is 11.1. The molecule has 0 fully saturated rings. The van der Waals surface area contributed by atoms with Crippen LogP contribution >= 0.6 is 23.2 Å². The van der Waals surface area contributed by atoms with E-state index in [4.69, 9.17) is 32.0 Å². The van der Waals surface area contributed by atoms with Crippen molar-refractivity contribution in [3.8, 4) is 0 Å². The maximum Gasteiger partial charge on any atom is 0.254 e. The summed E-state index contributed by atoms with van der Waals surface area (Å²) in [6.45, 7) is 17.7. The summed E-state index contributed by atoms with van der Waals surface area (Å²) in [6, 6.07) is 10.1. The van der Waals surface area contributed by atoms with Gasteiger partial charge in [0.05, 0.1) is 40.6 Å². The van der Waals surface area contributed by atoms with E-state index in [1.807, 2.05) is 61.5 Å². The minimum atomic E-state index is -0.768. The van der Waals surface area contributed by atoms with Crippen LogP contribution in [0.25, 0.3) is 0 Å². The normalized spacial score (nSPS) is 15.4. The van der Waals surface area contributed by atoms with Crippen LogP contribution in [-0.2, 0) is 6.54 Å². The molecule has 2 amide bonds. The predicted molar refractivity (Wildman–Crippen MR) is 244 cm³/mol. The summed E-state index contributed by atoms with van der Waals surface area (Å²) in [5, 5.41) is 18.1. The number of benzene rings is 2. The standard InChI is InChI=1S/C24H26FN3O4.C21H19Cl2N3O4.CH4/c1-10-9-15(32-12(10)3)22(24(4,5)6)28-19-18(20(29)21(19)30)27-17-14(25)8-7-13-11(2)26-23(31)16(13)17;1-21(2,3)19(12-6-7-13(23)30-12)26-16-15(17(27)18(16)28)25-11-5-4-10(22)9-8-24-20(29)14(9)11;/h7-9,11,22,27-28H,1-6H3,(H,26,31);4-7,19,25-26H,8H2,1-3H3,(H,24,29);1H4/t11-,22-;19-;/m00./s1. The largest absolute Gasteiger partial charge is 0.464 e. The van der Waals surface area contributed by atoms with Crippen molar-refractivity contribution >= 4 is 69.1 Å². The van der Waals surface area contributed by atoms with Gasteiger partial charge in [0.1, 0.15) is 45.8 Å². The van der Waals surface area contributed by atoms with Gasteiger partial charge in [0.15, 0.2) is 5.22 Å². The predicted octanol–water partition coefficient (Wildman–Crippen LogP) is 9.38. The number of carbonyl (C=O) groups is 2. The van der Waals surface area contributed by atoms with Crippen LogP contribution in [0.2, 0.25) is 10.2 Å². The first kappa shape index (κ1) is 46.3. The number of furan rings is 2. The molecule has 14 nitrogen and oxygen atoms in total. The molecule has 8 rings (SSSR count). The maximum absolute atomic E-state index is 14.7. The molecule has 17 heteroatoms. The Bertz CT molecular complexity index is 2920. The molecule has 63 heavy (non-hydrogen) atoms. The molecule has 3 atom stereocenters. The Balaban J connectivity index is 0.000000207. The summed E-state index contributed by atoms with van der Waals surface area (Å²) in [4.78, 5) is 74.1. The van der Waals surface area contributed by atoms with Crippen LogP contribution in [0.3, 0.4) is 0 Å². The average Bonchev–Trinajstić information content (AvgIpc) is 3.97. The van der Waals surface area contributed by atoms with Gasteiger partial charge in [-0.3, -0.25) is 28.8 Å². The van der Waals surface area contributed by atoms with Crippen LogP contribution in [0.4, 0.5) is 38.5 Å². The highest BCUT2D eigenvalue weighted by Crippen LogP contribution is 2.42. The lowest BCUT2D eigenvalue weighted by molar-refractivity contribution is 0.0953. The summed E-state index contributed by atoms with van der Waals surface area (Å²) in [6.07, 6.45) is 0. The van der Waals surface area contributed by atoms with Crippen molar-refractivity contribution in [3.05, 3.63) is 145 Å². The molecular weight excluding hydrogens is 854 g/mol. The Kier molecular flexibility index (Phi) is 12.4. The molecular formula is C46H49Cl2FN6O8. The SMILES string of the molecule is C.CC(C)(C)[C@@H](Nc1c(Nc2ccc(Cl)c3c2C(=O)NC3)c(=O)c1=O)c1ccc(Cl)o1.Cc1cc([C@H](Nc2c(Nc3c(F)ccc4c3C(=O)N[C@H]4C)c(=O)c2=O)C(C)(C)C)oc1C. The minimum absolute atomic E-state index is 0. The molecule has 2 aromatic heterocycles. The summed E-state index contributed by atoms with van der Waals surface area (Å²) < 4.78 is 26.1. The zero-order chi connectivity index (χ0) is 45.3. The molecule has 332 valence electrons. The molecule has 0 saturated heterocycles. The van der Waals surface area contributed by atoms with E-state index in [2.05, 4.69) is 31.9 Å². The summed E-state index contributed by atoms with van der Waals surface area (Å²) in [5.41, 5.74) is -0.244. The molecule has 6 N–H and O–H groups in total. The average molecular weight is 904 g/mol. The van der Waals surface area contributed by atoms with Crippen molar-refractivity contribution in [1.82, 2.24) is 10.6 Å². The second-order valence-electron chi connectivity index (χ2n) is 17.7. The first-order chi connectivity index (χ1) is 29.0. The first-order valence-electron chi connectivity index (χ1n) is 19.8. The van der Waals surface area contributed by atoms with Crippen molar-refractivity contribution in [1.29, 1.82) is 0 Å². The molecule has 2 aliphatic rings. The number of fused-ring (bicyclic) bond motifs is 2. The number of hydrogen-bond donors (Lipinski definition) is 6. The van der Waals surface area contributed by atoms with E-state index in [1.54, 1.807) is 31.2 Å². The number of carbonyl (C=O) groups excluding carboxylic acids is 2. The lowest BCUT2D eigenvalue weighted by atomic mass is 9.84. The molecule has 0 bridgehead atoms. The Hall–Kier alpha value is -6.19. The van der Waals surface area contributed by atoms with Crippen LogP contribution in [0.5, 0.6) is 0 Å². The molecule has 0 radical (unpaired) electrons. The van der Waals surface area contributed by atoms with Gasteiger partial charge in [0.2, 0.25) is 0 Å². The topological polar surface area (TPSA) is 201 Å². The number of nitrogens with one attached hydrogen (secondary N) is 6. The number of anilines is 6. The summed E-state index contributed by atoms with van der Waals surface area (Å²) in [7, 11) is 0. The molecule has 6 aromatic rings. The number of amides is 2. The number of hydrogen-bond acceptors (Lipinski definition) is 12. The van der Waals surface area contributed by atoms with E-state index in [-0.39, 0.29) is 69.4 Å². The molecule has 4 heterocycles. The van der Waals surface area contributed by atoms with Crippen LogP contribution < -0.4 is 53.6 Å². The highest BCUT2D eigenvalue weighted by molar-refractivity contribution is 6.32. The third kappa shape index (κ3) is 8.51. The van der Waals surface area contributed by atoms with Gasteiger partial charge in [-0.2, -0.15) is 0 Å². The lowest BCUT2D eigenvalue weighted by Crippen LogP contribution is -2.39. The zero-order valence-electron chi connectivity index (χ0n) is 35.4. The second-order valence-corrected chi connectivity index (χ2v) is 18.5. The molecule has 4 aromatic carbocycles. The van der Waals surface area contributed by atoms with E-state index in [1.165, 1.54) is 12.1 Å². The number of aryl methyl sites for hydroxylation is 2. The van der Waals surface area contributed by atoms with Crippen LogP contribution in [0.1, 0.15) is 129 Å².